The predicted molar refractivity (Wildman–Crippen MR) is 135 cm³/mol. The van der Waals surface area contributed by atoms with Gasteiger partial charge in [-0.25, -0.2) is 13.8 Å². The second kappa shape index (κ2) is 11.1. The predicted octanol–water partition coefficient (Wildman–Crippen LogP) is 2.79. The molecule has 1 amide bonds. The number of fused-ring (bicyclic) bond motifs is 1. The van der Waals surface area contributed by atoms with Crippen LogP contribution in [-0.4, -0.2) is 55.2 Å². The Hall–Kier alpha value is -4.45. The Bertz CT molecular complexity index is 1410. The van der Waals surface area contributed by atoms with Crippen molar-refractivity contribution in [2.75, 3.05) is 39.0 Å². The van der Waals surface area contributed by atoms with Gasteiger partial charge in [0.05, 0.1) is 38.1 Å². The molecule has 0 unspecified atom stereocenters. The third-order valence-corrected chi connectivity index (χ3v) is 7.16. The Balaban J connectivity index is 1.58. The number of carbonyl (C=O) groups is 1. The number of hydrogen-bond acceptors (Lipinski definition) is 9. The van der Waals surface area contributed by atoms with E-state index >= 15 is 0 Å². The molecule has 0 radical (unpaired) electrons. The van der Waals surface area contributed by atoms with Crippen LogP contribution in [0.1, 0.15) is 5.56 Å². The van der Waals surface area contributed by atoms with E-state index in [4.69, 9.17) is 23.7 Å². The highest BCUT2D eigenvalue weighted by atomic mass is 32.2. The van der Waals surface area contributed by atoms with E-state index in [-0.39, 0.29) is 23.1 Å². The molecule has 3 aromatic carbocycles. The number of nitrogens with zero attached hydrogens (tertiary/aromatic N) is 2. The fourth-order valence-corrected chi connectivity index (χ4v) is 4.94. The minimum absolute atomic E-state index is 0.0855. The number of benzene rings is 3. The monoisotopic (exact) mass is 527 g/mol. The van der Waals surface area contributed by atoms with Crippen LogP contribution in [-0.2, 0) is 14.8 Å². The van der Waals surface area contributed by atoms with E-state index in [1.165, 1.54) is 45.7 Å². The highest BCUT2D eigenvalue weighted by Crippen LogP contribution is 2.33. The average molecular weight is 528 g/mol. The molecule has 3 aromatic rings. The van der Waals surface area contributed by atoms with Gasteiger partial charge in [0.25, 0.3) is 15.9 Å². The van der Waals surface area contributed by atoms with Crippen molar-refractivity contribution >= 4 is 27.8 Å². The Labute approximate surface area is 214 Å². The number of carbonyl (C=O) groups excluding carboxylic acids is 1. The summed E-state index contributed by atoms with van der Waals surface area (Å²) in [7, 11) is 0.155. The lowest BCUT2D eigenvalue weighted by molar-refractivity contribution is -0.119. The lowest BCUT2D eigenvalue weighted by atomic mass is 10.2. The topological polar surface area (TPSA) is 125 Å². The van der Waals surface area contributed by atoms with Gasteiger partial charge in [-0.2, -0.15) is 5.10 Å². The molecule has 0 aliphatic carbocycles. The lowest BCUT2D eigenvalue weighted by Gasteiger charge is -2.24. The summed E-state index contributed by atoms with van der Waals surface area (Å²) >= 11 is 0. The first-order valence-corrected chi connectivity index (χ1v) is 12.4. The lowest BCUT2D eigenvalue weighted by Crippen LogP contribution is -2.39. The molecule has 0 fully saturated rings. The van der Waals surface area contributed by atoms with Crippen molar-refractivity contribution in [1.29, 1.82) is 0 Å². The summed E-state index contributed by atoms with van der Waals surface area (Å²) in [5, 5.41) is 3.95. The van der Waals surface area contributed by atoms with Crippen molar-refractivity contribution in [2.24, 2.45) is 5.10 Å². The van der Waals surface area contributed by atoms with Gasteiger partial charge in [0.2, 0.25) is 6.79 Å². The average Bonchev–Trinajstić information content (AvgIpc) is 3.39. The molecule has 0 bridgehead atoms. The maximum atomic E-state index is 13.6. The standard InChI is InChI=1S/C25H25N3O8S/c1-32-19-7-5-18(6-8-19)28(37(30,31)20-9-11-21(33-2)23(13-20)34-3)15-25(29)27-26-14-17-4-10-22-24(12-17)36-16-35-22/h4-14H,15-16H2,1-3H3,(H,27,29)/b26-14+. The SMILES string of the molecule is COc1ccc(N(CC(=O)N/N=C/c2ccc3c(c2)OCO3)S(=O)(=O)c2ccc(OC)c(OC)c2)cc1. The van der Waals surface area contributed by atoms with E-state index in [1.807, 2.05) is 0 Å². The number of rotatable bonds is 10. The van der Waals surface area contributed by atoms with Crippen molar-refractivity contribution in [3.05, 3.63) is 66.2 Å². The Kier molecular flexibility index (Phi) is 7.68. The maximum absolute atomic E-state index is 13.6. The minimum atomic E-state index is -4.20. The molecule has 1 aliphatic heterocycles. The molecular formula is C25H25N3O8S. The fourth-order valence-electron chi connectivity index (χ4n) is 3.51. The summed E-state index contributed by atoms with van der Waals surface area (Å²) in [5.41, 5.74) is 3.29. The van der Waals surface area contributed by atoms with E-state index in [9.17, 15) is 13.2 Å². The number of methoxy groups -OCH3 is 3. The molecule has 1 heterocycles. The van der Waals surface area contributed by atoms with E-state index in [0.29, 0.717) is 28.6 Å². The van der Waals surface area contributed by atoms with Crippen LogP contribution in [0.4, 0.5) is 5.69 Å². The minimum Gasteiger partial charge on any atom is -0.497 e. The summed E-state index contributed by atoms with van der Waals surface area (Å²) in [6.07, 6.45) is 1.42. The number of hydrogen-bond donors (Lipinski definition) is 1. The van der Waals surface area contributed by atoms with Gasteiger partial charge in [0, 0.05) is 6.07 Å². The zero-order chi connectivity index (χ0) is 26.4. The number of anilines is 1. The number of nitrogens with one attached hydrogen (secondary N) is 1. The van der Waals surface area contributed by atoms with Crippen molar-refractivity contribution in [1.82, 2.24) is 5.43 Å². The van der Waals surface area contributed by atoms with Crippen molar-refractivity contribution in [2.45, 2.75) is 4.90 Å². The van der Waals surface area contributed by atoms with Crippen LogP contribution < -0.4 is 33.4 Å². The van der Waals surface area contributed by atoms with Crippen LogP contribution in [0, 0.1) is 0 Å². The first-order valence-electron chi connectivity index (χ1n) is 11.0. The number of amides is 1. The van der Waals surface area contributed by atoms with Crippen LogP contribution in [0.2, 0.25) is 0 Å². The summed E-state index contributed by atoms with van der Waals surface area (Å²) < 4.78 is 54.5. The highest BCUT2D eigenvalue weighted by Gasteiger charge is 2.28. The molecule has 194 valence electrons. The first kappa shape index (κ1) is 25.6. The van der Waals surface area contributed by atoms with Crippen LogP contribution in [0.25, 0.3) is 0 Å². The highest BCUT2D eigenvalue weighted by molar-refractivity contribution is 7.92. The molecule has 0 saturated heterocycles. The summed E-state index contributed by atoms with van der Waals surface area (Å²) in [5.74, 6) is 1.67. The largest absolute Gasteiger partial charge is 0.497 e. The van der Waals surface area contributed by atoms with Gasteiger partial charge in [0.1, 0.15) is 12.3 Å². The number of ether oxygens (including phenoxy) is 5. The molecule has 12 heteroatoms. The quantitative estimate of drug-likeness (QED) is 0.315. The first-order chi connectivity index (χ1) is 17.8. The normalized spacial score (nSPS) is 12.3. The van der Waals surface area contributed by atoms with E-state index < -0.39 is 22.5 Å². The van der Waals surface area contributed by atoms with Crippen LogP contribution in [0.3, 0.4) is 0 Å². The smallest absolute Gasteiger partial charge is 0.264 e. The molecule has 1 aliphatic rings. The maximum Gasteiger partial charge on any atom is 0.264 e. The van der Waals surface area contributed by atoms with Crippen LogP contribution >= 0.6 is 0 Å². The van der Waals surface area contributed by atoms with Gasteiger partial charge < -0.3 is 23.7 Å². The second-order valence-electron chi connectivity index (χ2n) is 7.63. The van der Waals surface area contributed by atoms with E-state index in [0.717, 1.165) is 4.31 Å². The molecule has 37 heavy (non-hydrogen) atoms. The van der Waals surface area contributed by atoms with Gasteiger partial charge in [-0.15, -0.1) is 0 Å². The van der Waals surface area contributed by atoms with Crippen molar-refractivity contribution in [3.63, 3.8) is 0 Å². The number of sulfonamides is 1. The molecule has 0 atom stereocenters. The van der Waals surface area contributed by atoms with E-state index in [2.05, 4.69) is 10.5 Å². The van der Waals surface area contributed by atoms with E-state index in [1.54, 1.807) is 42.5 Å². The molecule has 4 rings (SSSR count). The van der Waals surface area contributed by atoms with Gasteiger partial charge in [-0.05, 0) is 60.2 Å². The van der Waals surface area contributed by atoms with Crippen LogP contribution in [0.15, 0.2) is 70.7 Å². The van der Waals surface area contributed by atoms with Gasteiger partial charge in [-0.1, -0.05) is 0 Å². The van der Waals surface area contributed by atoms with Crippen molar-refractivity contribution < 1.29 is 36.9 Å². The molecule has 0 aromatic heterocycles. The molecule has 11 nitrogen and oxygen atoms in total. The molecule has 1 N–H and O–H groups in total. The van der Waals surface area contributed by atoms with Crippen molar-refractivity contribution in [3.8, 4) is 28.7 Å². The van der Waals surface area contributed by atoms with Gasteiger partial charge in [-0.3, -0.25) is 9.10 Å². The summed E-state index contributed by atoms with van der Waals surface area (Å²) in [6, 6.07) is 15.7. The second-order valence-corrected chi connectivity index (χ2v) is 9.49. The Morgan fingerprint density at radius 3 is 2.38 bits per heavy atom. The summed E-state index contributed by atoms with van der Waals surface area (Å²) in [6.45, 7) is -0.399. The van der Waals surface area contributed by atoms with Gasteiger partial charge >= 0.3 is 0 Å². The number of hydrazone groups is 1. The summed E-state index contributed by atoms with van der Waals surface area (Å²) in [4.78, 5) is 12.7. The zero-order valence-corrected chi connectivity index (χ0v) is 21.2. The Morgan fingerprint density at radius 1 is 0.946 bits per heavy atom. The third kappa shape index (κ3) is 5.70. The van der Waals surface area contributed by atoms with Gasteiger partial charge in [0.15, 0.2) is 23.0 Å². The molecular weight excluding hydrogens is 502 g/mol. The zero-order valence-electron chi connectivity index (χ0n) is 20.3. The fraction of sp³-hybridized carbons (Fsp3) is 0.200. The molecule has 0 spiro atoms. The van der Waals surface area contributed by atoms with Crippen LogP contribution in [0.5, 0.6) is 28.7 Å². The Morgan fingerprint density at radius 2 is 1.68 bits per heavy atom. The molecule has 0 saturated carbocycles. The third-order valence-electron chi connectivity index (χ3n) is 5.39.